The molecule has 0 saturated carbocycles. The van der Waals surface area contributed by atoms with Crippen LogP contribution in [0.5, 0.6) is 0 Å². The van der Waals surface area contributed by atoms with Gasteiger partial charge in [-0.15, -0.1) is 11.3 Å². The van der Waals surface area contributed by atoms with Gasteiger partial charge in [-0.25, -0.2) is 9.97 Å². The minimum Gasteiger partial charge on any atom is -0.335 e. The van der Waals surface area contributed by atoms with Crippen LogP contribution in [-0.4, -0.2) is 37.9 Å². The Bertz CT molecular complexity index is 987. The number of likely N-dealkylation sites (tertiary alicyclic amines) is 1. The third-order valence-corrected chi connectivity index (χ3v) is 6.61. The molecule has 5 nitrogen and oxygen atoms in total. The molecule has 6 heteroatoms. The number of nitrogens with zero attached hydrogens (tertiary/aromatic N) is 4. The number of aryl methyl sites for hydroxylation is 1. The number of thiazole rings is 1. The Kier molecular flexibility index (Phi) is 4.76. The van der Waals surface area contributed by atoms with Gasteiger partial charge in [0, 0.05) is 42.0 Å². The smallest absolute Gasteiger partial charge is 0.266 e. The van der Waals surface area contributed by atoms with Gasteiger partial charge in [0.15, 0.2) is 0 Å². The van der Waals surface area contributed by atoms with E-state index in [4.69, 9.17) is 4.98 Å². The highest BCUT2D eigenvalue weighted by molar-refractivity contribution is 7.17. The molecule has 0 N–H and O–H groups in total. The molecule has 142 valence electrons. The summed E-state index contributed by atoms with van der Waals surface area (Å²) in [4.78, 5) is 25.3. The zero-order chi connectivity index (χ0) is 19.1. The van der Waals surface area contributed by atoms with Gasteiger partial charge in [0.05, 0.1) is 5.69 Å². The van der Waals surface area contributed by atoms with Gasteiger partial charge in [-0.2, -0.15) is 0 Å². The Hall–Kier alpha value is -2.21. The number of amides is 1. The van der Waals surface area contributed by atoms with Crippen molar-refractivity contribution in [1.82, 2.24) is 19.4 Å². The highest BCUT2D eigenvalue weighted by Gasteiger charge is 2.28. The van der Waals surface area contributed by atoms with Crippen molar-refractivity contribution in [2.45, 2.75) is 59.0 Å². The zero-order valence-corrected chi connectivity index (χ0v) is 17.2. The van der Waals surface area contributed by atoms with Crippen molar-refractivity contribution in [3.63, 3.8) is 0 Å². The van der Waals surface area contributed by atoms with Crippen molar-refractivity contribution in [3.8, 4) is 10.6 Å². The van der Waals surface area contributed by atoms with Crippen LogP contribution in [0.15, 0.2) is 24.5 Å². The van der Waals surface area contributed by atoms with Gasteiger partial charge in [-0.3, -0.25) is 4.79 Å². The second kappa shape index (κ2) is 7.08. The molecule has 1 aliphatic rings. The molecule has 3 aromatic rings. The standard InChI is InChI=1S/C21H26N4OS/c1-13(2)25-12-17(16-9-7-10-22-19(16)25)20-23-15(4)18(27-20)21(26)24-11-6-5-8-14(24)3/h7,9-10,12-14H,5-6,8,11H2,1-4H3/t14-/m1/s1. The van der Waals surface area contributed by atoms with Gasteiger partial charge in [0.1, 0.15) is 15.5 Å². The summed E-state index contributed by atoms with van der Waals surface area (Å²) in [6, 6.07) is 4.66. The lowest BCUT2D eigenvalue weighted by Crippen LogP contribution is -2.41. The summed E-state index contributed by atoms with van der Waals surface area (Å²) >= 11 is 1.51. The molecule has 0 bridgehead atoms. The predicted molar refractivity (Wildman–Crippen MR) is 110 cm³/mol. The number of carbonyl (C=O) groups excluding carboxylic acids is 1. The highest BCUT2D eigenvalue weighted by Crippen LogP contribution is 2.36. The molecule has 1 atom stereocenters. The number of hydrogen-bond donors (Lipinski definition) is 0. The topological polar surface area (TPSA) is 51.0 Å². The van der Waals surface area contributed by atoms with Crippen LogP contribution in [0.1, 0.15) is 61.4 Å². The van der Waals surface area contributed by atoms with Crippen LogP contribution in [0.2, 0.25) is 0 Å². The van der Waals surface area contributed by atoms with E-state index in [1.54, 1.807) is 0 Å². The minimum atomic E-state index is 0.133. The number of aromatic nitrogens is 3. The summed E-state index contributed by atoms with van der Waals surface area (Å²) in [5, 5.41) is 1.99. The molecule has 27 heavy (non-hydrogen) atoms. The van der Waals surface area contributed by atoms with Crippen LogP contribution in [0.4, 0.5) is 0 Å². The fourth-order valence-corrected chi connectivity index (χ4v) is 4.93. The maximum atomic E-state index is 13.1. The van der Waals surface area contributed by atoms with E-state index in [0.29, 0.717) is 12.1 Å². The first-order valence-electron chi connectivity index (χ1n) is 9.71. The maximum Gasteiger partial charge on any atom is 0.266 e. The Morgan fingerprint density at radius 2 is 2.15 bits per heavy atom. The van der Waals surface area contributed by atoms with Gasteiger partial charge in [-0.1, -0.05) is 0 Å². The molecule has 4 rings (SSSR count). The van der Waals surface area contributed by atoms with E-state index in [0.717, 1.165) is 51.6 Å². The van der Waals surface area contributed by atoms with E-state index in [1.807, 2.05) is 24.1 Å². The van der Waals surface area contributed by atoms with Crippen molar-refractivity contribution in [3.05, 3.63) is 35.1 Å². The van der Waals surface area contributed by atoms with Gasteiger partial charge in [-0.05, 0) is 59.1 Å². The highest BCUT2D eigenvalue weighted by atomic mass is 32.1. The molecule has 1 fully saturated rings. The van der Waals surface area contributed by atoms with Crippen LogP contribution in [0.3, 0.4) is 0 Å². The number of rotatable bonds is 3. The second-order valence-electron chi connectivity index (χ2n) is 7.70. The summed E-state index contributed by atoms with van der Waals surface area (Å²) in [5.74, 6) is 0.133. The van der Waals surface area contributed by atoms with Crippen molar-refractivity contribution in [2.24, 2.45) is 0 Å². The molecule has 0 aliphatic carbocycles. The fourth-order valence-electron chi connectivity index (χ4n) is 3.89. The zero-order valence-electron chi connectivity index (χ0n) is 16.4. The molecule has 1 saturated heterocycles. The molecule has 1 amide bonds. The Balaban J connectivity index is 1.76. The summed E-state index contributed by atoms with van der Waals surface area (Å²) in [6.45, 7) is 9.25. The van der Waals surface area contributed by atoms with Crippen molar-refractivity contribution in [1.29, 1.82) is 0 Å². The molecule has 0 unspecified atom stereocenters. The molecule has 3 aromatic heterocycles. The Morgan fingerprint density at radius 3 is 2.89 bits per heavy atom. The summed E-state index contributed by atoms with van der Waals surface area (Å²) in [6.07, 6.45) is 7.33. The maximum absolute atomic E-state index is 13.1. The lowest BCUT2D eigenvalue weighted by atomic mass is 10.0. The van der Waals surface area contributed by atoms with E-state index in [2.05, 4.69) is 42.6 Å². The molecule has 1 aliphatic heterocycles. The van der Waals surface area contributed by atoms with E-state index in [-0.39, 0.29) is 5.91 Å². The lowest BCUT2D eigenvalue weighted by molar-refractivity contribution is 0.0639. The summed E-state index contributed by atoms with van der Waals surface area (Å²) in [7, 11) is 0. The number of carbonyl (C=O) groups is 1. The molecule has 0 spiro atoms. The van der Waals surface area contributed by atoms with E-state index < -0.39 is 0 Å². The van der Waals surface area contributed by atoms with Crippen LogP contribution in [0.25, 0.3) is 21.6 Å². The quantitative estimate of drug-likeness (QED) is 0.636. The van der Waals surface area contributed by atoms with E-state index >= 15 is 0 Å². The van der Waals surface area contributed by atoms with Crippen LogP contribution in [0, 0.1) is 6.92 Å². The van der Waals surface area contributed by atoms with Crippen molar-refractivity contribution < 1.29 is 4.79 Å². The Labute approximate surface area is 164 Å². The molecule has 0 aromatic carbocycles. The minimum absolute atomic E-state index is 0.133. The number of fused-ring (bicyclic) bond motifs is 1. The largest absolute Gasteiger partial charge is 0.335 e. The SMILES string of the molecule is Cc1nc(-c2cn(C(C)C)c3ncccc23)sc1C(=O)N1CCCC[C@H]1C. The van der Waals surface area contributed by atoms with Crippen LogP contribution < -0.4 is 0 Å². The second-order valence-corrected chi connectivity index (χ2v) is 8.69. The third-order valence-electron chi connectivity index (χ3n) is 5.43. The summed E-state index contributed by atoms with van der Waals surface area (Å²) < 4.78 is 2.18. The number of piperidine rings is 1. The van der Waals surface area contributed by atoms with Gasteiger partial charge < -0.3 is 9.47 Å². The first-order chi connectivity index (χ1) is 13.0. The number of hydrogen-bond acceptors (Lipinski definition) is 4. The molecular formula is C21H26N4OS. The van der Waals surface area contributed by atoms with Crippen molar-refractivity contribution >= 4 is 28.3 Å². The average molecular weight is 383 g/mol. The molecule has 0 radical (unpaired) electrons. The first kappa shape index (κ1) is 18.2. The van der Waals surface area contributed by atoms with Gasteiger partial charge in [0.2, 0.25) is 0 Å². The average Bonchev–Trinajstić information content (AvgIpc) is 3.22. The van der Waals surface area contributed by atoms with E-state index in [1.165, 1.54) is 17.8 Å². The summed E-state index contributed by atoms with van der Waals surface area (Å²) in [5.41, 5.74) is 2.85. The normalized spacial score (nSPS) is 17.8. The lowest BCUT2D eigenvalue weighted by Gasteiger charge is -2.33. The van der Waals surface area contributed by atoms with Crippen molar-refractivity contribution in [2.75, 3.05) is 6.54 Å². The first-order valence-corrected chi connectivity index (χ1v) is 10.5. The Morgan fingerprint density at radius 1 is 1.33 bits per heavy atom. The predicted octanol–water partition coefficient (Wildman–Crippen LogP) is 5.06. The number of pyridine rings is 1. The van der Waals surface area contributed by atoms with Crippen LogP contribution in [-0.2, 0) is 0 Å². The van der Waals surface area contributed by atoms with Crippen LogP contribution >= 0.6 is 11.3 Å². The monoisotopic (exact) mass is 382 g/mol. The van der Waals surface area contributed by atoms with Gasteiger partial charge in [0.25, 0.3) is 5.91 Å². The fraction of sp³-hybridized carbons (Fsp3) is 0.476. The van der Waals surface area contributed by atoms with Gasteiger partial charge >= 0.3 is 0 Å². The molecule has 4 heterocycles. The van der Waals surface area contributed by atoms with E-state index in [9.17, 15) is 4.79 Å². The molecular weight excluding hydrogens is 356 g/mol. The third kappa shape index (κ3) is 3.16.